The van der Waals surface area contributed by atoms with Crippen LogP contribution in [0.5, 0.6) is 0 Å². The Hall–Kier alpha value is -2.21. The van der Waals surface area contributed by atoms with Gasteiger partial charge < -0.3 is 15.7 Å². The summed E-state index contributed by atoms with van der Waals surface area (Å²) in [5.41, 5.74) is 6.86. The molecule has 23 heavy (non-hydrogen) atoms. The van der Waals surface area contributed by atoms with E-state index in [9.17, 15) is 5.11 Å². The summed E-state index contributed by atoms with van der Waals surface area (Å²) in [6.07, 6.45) is 0.845. The van der Waals surface area contributed by atoms with Crippen LogP contribution >= 0.6 is 0 Å². The van der Waals surface area contributed by atoms with Gasteiger partial charge >= 0.3 is 0 Å². The largest absolute Gasteiger partial charge is 0.395 e. The highest BCUT2D eigenvalue weighted by molar-refractivity contribution is 5.36. The molecule has 0 aliphatic carbocycles. The molecule has 6 nitrogen and oxygen atoms in total. The third-order valence-electron chi connectivity index (χ3n) is 3.48. The number of hydrogen-bond acceptors (Lipinski definition) is 6. The van der Waals surface area contributed by atoms with Crippen LogP contribution in [0.3, 0.4) is 0 Å². The lowest BCUT2D eigenvalue weighted by Crippen LogP contribution is -2.32. The van der Waals surface area contributed by atoms with E-state index >= 15 is 0 Å². The summed E-state index contributed by atoms with van der Waals surface area (Å²) in [6.45, 7) is 7.30. The van der Waals surface area contributed by atoms with Gasteiger partial charge in [-0.2, -0.15) is 15.0 Å². The van der Waals surface area contributed by atoms with Gasteiger partial charge in [-0.15, -0.1) is 0 Å². The summed E-state index contributed by atoms with van der Waals surface area (Å²) in [4.78, 5) is 15.0. The van der Waals surface area contributed by atoms with Gasteiger partial charge in [0, 0.05) is 18.5 Å². The average molecular weight is 315 g/mol. The van der Waals surface area contributed by atoms with Crippen LogP contribution in [-0.4, -0.2) is 39.8 Å². The molecule has 6 heteroatoms. The zero-order valence-electron chi connectivity index (χ0n) is 14.0. The highest BCUT2D eigenvalue weighted by Crippen LogP contribution is 2.21. The number of anilines is 2. The standard InChI is InChI=1S/C17H25N5O/c1-17(2,3)14-19-15(18)21-16(20-14)22(11-12-23)10-9-13-7-5-4-6-8-13/h4-8,23H,9-12H2,1-3H3,(H2,18,19,20,21). The Morgan fingerprint density at radius 3 is 2.35 bits per heavy atom. The van der Waals surface area contributed by atoms with Crippen molar-refractivity contribution in [2.45, 2.75) is 32.6 Å². The molecule has 0 spiro atoms. The van der Waals surface area contributed by atoms with Gasteiger partial charge in [-0.25, -0.2) is 0 Å². The number of nitrogen functional groups attached to an aromatic ring is 1. The van der Waals surface area contributed by atoms with E-state index in [2.05, 4.69) is 27.1 Å². The minimum atomic E-state index is -0.212. The van der Waals surface area contributed by atoms with Crippen molar-refractivity contribution in [3.05, 3.63) is 41.7 Å². The molecule has 0 amide bonds. The number of rotatable bonds is 6. The lowest BCUT2D eigenvalue weighted by molar-refractivity contribution is 0.301. The molecule has 0 aliphatic heterocycles. The summed E-state index contributed by atoms with van der Waals surface area (Å²) in [6, 6.07) is 10.2. The van der Waals surface area contributed by atoms with Crippen LogP contribution in [0.1, 0.15) is 32.2 Å². The van der Waals surface area contributed by atoms with Crippen molar-refractivity contribution < 1.29 is 5.11 Å². The average Bonchev–Trinajstić information content (AvgIpc) is 2.51. The fraction of sp³-hybridized carbons (Fsp3) is 0.471. The Morgan fingerprint density at radius 1 is 1.04 bits per heavy atom. The SMILES string of the molecule is CC(C)(C)c1nc(N)nc(N(CCO)CCc2ccccc2)n1. The Labute approximate surface area is 137 Å². The summed E-state index contributed by atoms with van der Waals surface area (Å²) < 4.78 is 0. The van der Waals surface area contributed by atoms with Crippen LogP contribution in [0, 0.1) is 0 Å². The van der Waals surface area contributed by atoms with Crippen LogP contribution < -0.4 is 10.6 Å². The normalized spacial score (nSPS) is 11.5. The van der Waals surface area contributed by atoms with Crippen LogP contribution in [-0.2, 0) is 11.8 Å². The highest BCUT2D eigenvalue weighted by atomic mass is 16.3. The number of nitrogens with zero attached hydrogens (tertiary/aromatic N) is 4. The highest BCUT2D eigenvalue weighted by Gasteiger charge is 2.21. The minimum absolute atomic E-state index is 0.0330. The third kappa shape index (κ3) is 4.89. The van der Waals surface area contributed by atoms with Gasteiger partial charge in [0.05, 0.1) is 6.61 Å². The summed E-state index contributed by atoms with van der Waals surface area (Å²) in [5.74, 6) is 1.39. The van der Waals surface area contributed by atoms with Crippen molar-refractivity contribution in [3.8, 4) is 0 Å². The number of nitrogens with two attached hydrogens (primary N) is 1. The third-order valence-corrected chi connectivity index (χ3v) is 3.48. The van der Waals surface area contributed by atoms with E-state index in [1.54, 1.807) is 0 Å². The van der Waals surface area contributed by atoms with Crippen molar-refractivity contribution in [1.82, 2.24) is 15.0 Å². The molecule has 0 saturated heterocycles. The van der Waals surface area contributed by atoms with E-state index in [4.69, 9.17) is 5.73 Å². The van der Waals surface area contributed by atoms with Crippen molar-refractivity contribution in [2.24, 2.45) is 0 Å². The number of aromatic nitrogens is 3. The summed E-state index contributed by atoms with van der Waals surface area (Å²) >= 11 is 0. The van der Waals surface area contributed by atoms with Gasteiger partial charge in [-0.05, 0) is 12.0 Å². The molecule has 2 aromatic rings. The topological polar surface area (TPSA) is 88.2 Å². The van der Waals surface area contributed by atoms with Gasteiger partial charge in [0.1, 0.15) is 5.82 Å². The maximum absolute atomic E-state index is 9.35. The van der Waals surface area contributed by atoms with E-state index in [1.165, 1.54) is 5.56 Å². The molecule has 0 bridgehead atoms. The number of benzene rings is 1. The van der Waals surface area contributed by atoms with E-state index in [0.29, 0.717) is 24.9 Å². The maximum atomic E-state index is 9.35. The minimum Gasteiger partial charge on any atom is -0.395 e. The van der Waals surface area contributed by atoms with Gasteiger partial charge in [-0.1, -0.05) is 51.1 Å². The number of aliphatic hydroxyl groups excluding tert-OH is 1. The molecule has 0 atom stereocenters. The first-order valence-electron chi connectivity index (χ1n) is 7.82. The van der Waals surface area contributed by atoms with Gasteiger partial charge in [0.15, 0.2) is 0 Å². The van der Waals surface area contributed by atoms with Crippen molar-refractivity contribution >= 4 is 11.9 Å². The summed E-state index contributed by atoms with van der Waals surface area (Å²) in [7, 11) is 0. The van der Waals surface area contributed by atoms with Crippen LogP contribution in [0.2, 0.25) is 0 Å². The van der Waals surface area contributed by atoms with Gasteiger partial charge in [-0.3, -0.25) is 0 Å². The maximum Gasteiger partial charge on any atom is 0.230 e. The van der Waals surface area contributed by atoms with Crippen LogP contribution in [0.4, 0.5) is 11.9 Å². The molecule has 0 saturated carbocycles. The van der Waals surface area contributed by atoms with Crippen LogP contribution in [0.25, 0.3) is 0 Å². The predicted octanol–water partition coefficient (Wildman–Crippen LogP) is 1.79. The number of aliphatic hydroxyl groups is 1. The molecular formula is C17H25N5O. The second kappa shape index (κ2) is 7.37. The summed E-state index contributed by atoms with van der Waals surface area (Å²) in [5, 5.41) is 9.35. The Bertz CT molecular complexity index is 625. The van der Waals surface area contributed by atoms with Gasteiger partial charge in [0.2, 0.25) is 11.9 Å². The molecule has 1 aromatic heterocycles. The quantitative estimate of drug-likeness (QED) is 0.845. The first-order valence-corrected chi connectivity index (χ1v) is 7.82. The molecule has 0 aliphatic rings. The van der Waals surface area contributed by atoms with Crippen molar-refractivity contribution in [3.63, 3.8) is 0 Å². The first-order chi connectivity index (χ1) is 10.9. The first kappa shape index (κ1) is 17.1. The fourth-order valence-corrected chi connectivity index (χ4v) is 2.20. The molecule has 124 valence electrons. The lowest BCUT2D eigenvalue weighted by atomic mass is 9.96. The second-order valence-corrected chi connectivity index (χ2v) is 6.51. The molecule has 0 unspecified atom stereocenters. The molecule has 1 heterocycles. The Morgan fingerprint density at radius 2 is 1.74 bits per heavy atom. The Kier molecular flexibility index (Phi) is 5.50. The zero-order chi connectivity index (χ0) is 16.9. The van der Waals surface area contributed by atoms with E-state index in [1.807, 2.05) is 43.9 Å². The predicted molar refractivity (Wildman–Crippen MR) is 92.4 cm³/mol. The van der Waals surface area contributed by atoms with Crippen molar-refractivity contribution in [2.75, 3.05) is 30.3 Å². The smallest absolute Gasteiger partial charge is 0.230 e. The van der Waals surface area contributed by atoms with E-state index in [-0.39, 0.29) is 18.0 Å². The molecular weight excluding hydrogens is 290 g/mol. The molecule has 0 fully saturated rings. The van der Waals surface area contributed by atoms with E-state index < -0.39 is 0 Å². The zero-order valence-corrected chi connectivity index (χ0v) is 14.0. The number of hydrogen-bond donors (Lipinski definition) is 2. The monoisotopic (exact) mass is 315 g/mol. The molecule has 2 rings (SSSR count). The van der Waals surface area contributed by atoms with E-state index in [0.717, 1.165) is 6.42 Å². The fourth-order valence-electron chi connectivity index (χ4n) is 2.20. The Balaban J connectivity index is 2.21. The molecule has 3 N–H and O–H groups in total. The van der Waals surface area contributed by atoms with Crippen LogP contribution in [0.15, 0.2) is 30.3 Å². The molecule has 1 aromatic carbocycles. The van der Waals surface area contributed by atoms with Crippen molar-refractivity contribution in [1.29, 1.82) is 0 Å². The molecule has 0 radical (unpaired) electrons. The lowest BCUT2D eigenvalue weighted by Gasteiger charge is -2.24. The van der Waals surface area contributed by atoms with Gasteiger partial charge in [0.25, 0.3) is 0 Å². The second-order valence-electron chi connectivity index (χ2n) is 6.51.